The summed E-state index contributed by atoms with van der Waals surface area (Å²) in [7, 11) is 0. The van der Waals surface area contributed by atoms with Gasteiger partial charge < -0.3 is 0 Å². The van der Waals surface area contributed by atoms with E-state index in [-0.39, 0.29) is 5.41 Å². The summed E-state index contributed by atoms with van der Waals surface area (Å²) in [5.74, 6) is 7.68. The molecule has 1 fully saturated rings. The van der Waals surface area contributed by atoms with Gasteiger partial charge in [0.1, 0.15) is 0 Å². The van der Waals surface area contributed by atoms with Crippen LogP contribution in [-0.4, -0.2) is 57.5 Å². The highest BCUT2D eigenvalue weighted by Crippen LogP contribution is 2.21. The van der Waals surface area contributed by atoms with Crippen LogP contribution < -0.4 is 0 Å². The topological polar surface area (TPSA) is 16.1 Å². The molecular weight excluding hydrogens is 340 g/mol. The molecular formula is C18H30N2S3. The summed E-state index contributed by atoms with van der Waals surface area (Å²) in [6.45, 7) is 10.1. The van der Waals surface area contributed by atoms with Crippen molar-refractivity contribution in [1.29, 1.82) is 0 Å². The van der Waals surface area contributed by atoms with Crippen molar-refractivity contribution < 1.29 is 0 Å². The number of rotatable bonds is 2. The van der Waals surface area contributed by atoms with E-state index in [1.54, 1.807) is 0 Å². The molecule has 2 heterocycles. The quantitative estimate of drug-likeness (QED) is 0.765. The molecule has 0 N–H and O–H groups in total. The van der Waals surface area contributed by atoms with Crippen LogP contribution in [0, 0.1) is 0 Å². The lowest BCUT2D eigenvalue weighted by atomic mass is 9.88. The largest absolute Gasteiger partial charge is 0.296 e. The zero-order valence-electron chi connectivity index (χ0n) is 14.7. The predicted octanol–water partition coefficient (Wildman–Crippen LogP) is 4.39. The van der Waals surface area contributed by atoms with Crippen LogP contribution >= 0.6 is 35.3 Å². The molecule has 1 aliphatic rings. The molecule has 2 nitrogen and oxygen atoms in total. The number of nitrogens with zero attached hydrogens (tertiary/aromatic N) is 2. The molecule has 0 bridgehead atoms. The summed E-state index contributed by atoms with van der Waals surface area (Å²) in [6, 6.07) is 4.47. The van der Waals surface area contributed by atoms with E-state index in [0.717, 1.165) is 6.54 Å². The minimum Gasteiger partial charge on any atom is -0.296 e. The molecule has 2 rings (SSSR count). The van der Waals surface area contributed by atoms with E-state index in [4.69, 9.17) is 4.98 Å². The second kappa shape index (κ2) is 10.2. The summed E-state index contributed by atoms with van der Waals surface area (Å²) in [5, 5.41) is 0. The van der Waals surface area contributed by atoms with E-state index in [1.807, 2.05) is 0 Å². The fraction of sp³-hybridized carbons (Fsp3) is 0.722. The van der Waals surface area contributed by atoms with Crippen LogP contribution in [0.1, 0.15) is 32.0 Å². The molecule has 0 amide bonds. The van der Waals surface area contributed by atoms with Gasteiger partial charge in [-0.1, -0.05) is 26.8 Å². The van der Waals surface area contributed by atoms with Gasteiger partial charge >= 0.3 is 0 Å². The Balaban J connectivity index is 1.89. The number of hydrogen-bond acceptors (Lipinski definition) is 5. The standard InChI is InChI=1S/C18H30N2S3/c1-18(2,3)16-4-5-17(19-14-16)15-20-6-8-21-10-12-23-13-11-22-9-7-20/h4-5,14H,6-13,15H2,1-3H3. The van der Waals surface area contributed by atoms with Gasteiger partial charge in [-0.15, -0.1) is 0 Å². The Morgan fingerprint density at radius 2 is 1.48 bits per heavy atom. The SMILES string of the molecule is CC(C)(C)c1ccc(CN2CCSCCSCCSCC2)nc1. The molecule has 0 atom stereocenters. The molecule has 23 heavy (non-hydrogen) atoms. The molecule has 0 aliphatic carbocycles. The first-order chi connectivity index (χ1) is 11.1. The van der Waals surface area contributed by atoms with Gasteiger partial charge in [0.15, 0.2) is 0 Å². The highest BCUT2D eigenvalue weighted by Gasteiger charge is 2.14. The van der Waals surface area contributed by atoms with Crippen LogP contribution in [0.2, 0.25) is 0 Å². The third kappa shape index (κ3) is 7.72. The zero-order chi connectivity index (χ0) is 16.5. The van der Waals surface area contributed by atoms with E-state index in [9.17, 15) is 0 Å². The Bertz CT molecular complexity index is 431. The summed E-state index contributed by atoms with van der Waals surface area (Å²) in [5.41, 5.74) is 2.71. The number of aromatic nitrogens is 1. The highest BCUT2D eigenvalue weighted by atomic mass is 32.2. The van der Waals surface area contributed by atoms with Crippen LogP contribution in [0.5, 0.6) is 0 Å². The average molecular weight is 371 g/mol. The molecule has 0 unspecified atom stereocenters. The van der Waals surface area contributed by atoms with Crippen molar-refractivity contribution in [3.05, 3.63) is 29.6 Å². The van der Waals surface area contributed by atoms with Crippen molar-refractivity contribution in [2.24, 2.45) is 0 Å². The second-order valence-electron chi connectivity index (χ2n) is 6.90. The maximum Gasteiger partial charge on any atom is 0.0544 e. The normalized spacial score (nSPS) is 19.8. The van der Waals surface area contributed by atoms with Crippen LogP contribution in [0.15, 0.2) is 18.3 Å². The molecule has 1 aromatic heterocycles. The van der Waals surface area contributed by atoms with Gasteiger partial charge in [-0.2, -0.15) is 35.3 Å². The van der Waals surface area contributed by atoms with Gasteiger partial charge in [0.2, 0.25) is 0 Å². The minimum absolute atomic E-state index is 0.185. The number of thioether (sulfide) groups is 3. The van der Waals surface area contributed by atoms with E-state index >= 15 is 0 Å². The van der Waals surface area contributed by atoms with E-state index in [2.05, 4.69) is 79.3 Å². The summed E-state index contributed by atoms with van der Waals surface area (Å²) < 4.78 is 0. The van der Waals surface area contributed by atoms with E-state index in [0.29, 0.717) is 0 Å². The smallest absolute Gasteiger partial charge is 0.0544 e. The fourth-order valence-electron chi connectivity index (χ4n) is 2.39. The Morgan fingerprint density at radius 3 is 1.96 bits per heavy atom. The Hall–Kier alpha value is 0.160. The summed E-state index contributed by atoms with van der Waals surface area (Å²) >= 11 is 6.31. The third-order valence-corrected chi connectivity index (χ3v) is 7.35. The molecule has 5 heteroatoms. The van der Waals surface area contributed by atoms with Crippen molar-refractivity contribution in [2.45, 2.75) is 32.7 Å². The van der Waals surface area contributed by atoms with E-state index < -0.39 is 0 Å². The fourth-order valence-corrected chi connectivity index (χ4v) is 5.66. The maximum atomic E-state index is 4.71. The van der Waals surface area contributed by atoms with Crippen LogP contribution in [0.4, 0.5) is 0 Å². The number of hydrogen-bond donors (Lipinski definition) is 0. The maximum absolute atomic E-state index is 4.71. The van der Waals surface area contributed by atoms with Crippen molar-refractivity contribution in [2.75, 3.05) is 47.6 Å². The van der Waals surface area contributed by atoms with Crippen LogP contribution in [0.3, 0.4) is 0 Å². The number of pyridine rings is 1. The predicted molar refractivity (Wildman–Crippen MR) is 110 cm³/mol. The van der Waals surface area contributed by atoms with Crippen molar-refractivity contribution >= 4 is 35.3 Å². The molecule has 1 aliphatic heterocycles. The van der Waals surface area contributed by atoms with Gasteiger partial charge in [-0.3, -0.25) is 9.88 Å². The summed E-state index contributed by atoms with van der Waals surface area (Å²) in [4.78, 5) is 7.29. The Labute approximate surface area is 155 Å². The van der Waals surface area contributed by atoms with Crippen molar-refractivity contribution in [3.8, 4) is 0 Å². The molecule has 130 valence electrons. The van der Waals surface area contributed by atoms with Crippen molar-refractivity contribution in [3.63, 3.8) is 0 Å². The Morgan fingerprint density at radius 1 is 0.913 bits per heavy atom. The molecule has 1 saturated heterocycles. The first-order valence-electron chi connectivity index (χ1n) is 8.47. The van der Waals surface area contributed by atoms with Crippen LogP contribution in [-0.2, 0) is 12.0 Å². The second-order valence-corrected chi connectivity index (χ2v) is 10.6. The third-order valence-electron chi connectivity index (χ3n) is 3.92. The van der Waals surface area contributed by atoms with Gasteiger partial charge in [-0.25, -0.2) is 0 Å². The molecule has 0 spiro atoms. The molecule has 0 aromatic carbocycles. The summed E-state index contributed by atoms with van der Waals surface area (Å²) in [6.07, 6.45) is 2.06. The van der Waals surface area contributed by atoms with Gasteiger partial charge in [-0.05, 0) is 17.0 Å². The highest BCUT2D eigenvalue weighted by molar-refractivity contribution is 8.04. The first kappa shape index (κ1) is 19.5. The average Bonchev–Trinajstić information content (AvgIpc) is 2.49. The monoisotopic (exact) mass is 370 g/mol. The van der Waals surface area contributed by atoms with E-state index in [1.165, 1.54) is 58.9 Å². The lowest BCUT2D eigenvalue weighted by Gasteiger charge is -2.23. The molecule has 0 radical (unpaired) electrons. The lowest BCUT2D eigenvalue weighted by Crippen LogP contribution is -2.29. The van der Waals surface area contributed by atoms with Gasteiger partial charge in [0, 0.05) is 60.3 Å². The lowest BCUT2D eigenvalue weighted by molar-refractivity contribution is 0.297. The van der Waals surface area contributed by atoms with Crippen molar-refractivity contribution in [1.82, 2.24) is 9.88 Å². The Kier molecular flexibility index (Phi) is 8.66. The molecule has 0 saturated carbocycles. The van der Waals surface area contributed by atoms with Gasteiger partial charge in [0.05, 0.1) is 5.69 Å². The zero-order valence-corrected chi connectivity index (χ0v) is 17.2. The van der Waals surface area contributed by atoms with Crippen LogP contribution in [0.25, 0.3) is 0 Å². The molecule has 1 aromatic rings. The van der Waals surface area contributed by atoms with Gasteiger partial charge in [0.25, 0.3) is 0 Å². The minimum atomic E-state index is 0.185. The first-order valence-corrected chi connectivity index (χ1v) is 11.9.